The minimum absolute atomic E-state index is 0.0168. The second kappa shape index (κ2) is 7.66. The van der Waals surface area contributed by atoms with Gasteiger partial charge in [-0.1, -0.05) is 11.6 Å². The molecule has 1 fully saturated rings. The Balaban J connectivity index is 2.16. The van der Waals surface area contributed by atoms with Crippen LogP contribution in [0.3, 0.4) is 0 Å². The second-order valence-electron chi connectivity index (χ2n) is 6.08. The number of hydrogen-bond acceptors (Lipinski definition) is 6. The lowest BCUT2D eigenvalue weighted by Crippen LogP contribution is -2.29. The van der Waals surface area contributed by atoms with E-state index in [1.54, 1.807) is 13.8 Å². The fraction of sp³-hybridized carbons (Fsp3) is 0.438. The van der Waals surface area contributed by atoms with Gasteiger partial charge in [0.2, 0.25) is 10.0 Å². The monoisotopic (exact) mass is 434 g/mol. The normalized spacial score (nSPS) is 15.4. The SMILES string of the molecule is CCOP(=O)(OCC)c1cc2cc(S(=O)(=O)NC3CC3)c(Cl)cc2[nH]c1=O. The fourth-order valence-corrected chi connectivity index (χ4v) is 6.11. The Morgan fingerprint density at radius 1 is 1.22 bits per heavy atom. The average Bonchev–Trinajstić information content (AvgIpc) is 3.37. The van der Waals surface area contributed by atoms with Crippen molar-refractivity contribution in [1.82, 2.24) is 9.71 Å². The molecule has 0 radical (unpaired) electrons. The van der Waals surface area contributed by atoms with Crippen molar-refractivity contribution in [1.29, 1.82) is 0 Å². The summed E-state index contributed by atoms with van der Waals surface area (Å²) in [4.78, 5) is 14.9. The molecule has 1 aliphatic rings. The number of sulfonamides is 1. The molecule has 27 heavy (non-hydrogen) atoms. The predicted molar refractivity (Wildman–Crippen MR) is 103 cm³/mol. The Morgan fingerprint density at radius 3 is 2.41 bits per heavy atom. The fourth-order valence-electron chi connectivity index (χ4n) is 2.61. The van der Waals surface area contributed by atoms with E-state index in [0.29, 0.717) is 10.9 Å². The van der Waals surface area contributed by atoms with Crippen molar-refractivity contribution in [3.63, 3.8) is 0 Å². The molecule has 0 spiro atoms. The van der Waals surface area contributed by atoms with E-state index in [2.05, 4.69) is 9.71 Å². The molecule has 2 aromatic rings. The first-order valence-electron chi connectivity index (χ1n) is 8.48. The Hall–Kier alpha value is -1.22. The number of H-pyrrole nitrogens is 1. The molecule has 0 atom stereocenters. The second-order valence-corrected chi connectivity index (χ2v) is 10.2. The molecule has 1 saturated carbocycles. The molecule has 0 saturated heterocycles. The lowest BCUT2D eigenvalue weighted by atomic mass is 10.2. The number of rotatable bonds is 8. The number of fused-ring (bicyclic) bond motifs is 1. The van der Waals surface area contributed by atoms with Crippen molar-refractivity contribution in [2.75, 3.05) is 13.2 Å². The third-order valence-corrected chi connectivity index (χ3v) is 8.06. The maximum Gasteiger partial charge on any atom is 0.366 e. The number of aromatic nitrogens is 1. The lowest BCUT2D eigenvalue weighted by molar-refractivity contribution is 0.229. The molecular formula is C16H20ClN2O6PS. The lowest BCUT2D eigenvalue weighted by Gasteiger charge is -2.17. The minimum Gasteiger partial charge on any atom is -0.321 e. The van der Waals surface area contributed by atoms with Crippen LogP contribution in [0.2, 0.25) is 5.02 Å². The summed E-state index contributed by atoms with van der Waals surface area (Å²) in [7, 11) is -7.64. The van der Waals surface area contributed by atoms with E-state index in [0.717, 1.165) is 12.8 Å². The summed E-state index contributed by atoms with van der Waals surface area (Å²) in [5.41, 5.74) is -0.325. The van der Waals surface area contributed by atoms with E-state index >= 15 is 0 Å². The molecular weight excluding hydrogens is 415 g/mol. The zero-order valence-corrected chi connectivity index (χ0v) is 17.3. The number of nitrogens with one attached hydrogen (secondary N) is 2. The Morgan fingerprint density at radius 2 is 1.85 bits per heavy atom. The highest BCUT2D eigenvalue weighted by atomic mass is 35.5. The number of pyridine rings is 1. The Labute approximate surface area is 161 Å². The van der Waals surface area contributed by atoms with Crippen LogP contribution in [0.4, 0.5) is 0 Å². The van der Waals surface area contributed by atoms with Crippen LogP contribution < -0.4 is 15.6 Å². The molecule has 1 heterocycles. The van der Waals surface area contributed by atoms with Crippen LogP contribution >= 0.6 is 19.2 Å². The molecule has 1 aliphatic carbocycles. The van der Waals surface area contributed by atoms with Crippen molar-refractivity contribution < 1.29 is 22.0 Å². The molecule has 3 rings (SSSR count). The van der Waals surface area contributed by atoms with Gasteiger partial charge in [0.15, 0.2) is 0 Å². The van der Waals surface area contributed by atoms with E-state index in [1.807, 2.05) is 0 Å². The van der Waals surface area contributed by atoms with Crippen LogP contribution in [0, 0.1) is 0 Å². The molecule has 148 valence electrons. The summed E-state index contributed by atoms with van der Waals surface area (Å²) < 4.78 is 51.0. The number of aromatic amines is 1. The largest absolute Gasteiger partial charge is 0.366 e. The van der Waals surface area contributed by atoms with Crippen LogP contribution in [0.1, 0.15) is 26.7 Å². The molecule has 2 N–H and O–H groups in total. The van der Waals surface area contributed by atoms with Crippen LogP contribution in [-0.2, 0) is 23.6 Å². The topological polar surface area (TPSA) is 115 Å². The van der Waals surface area contributed by atoms with Crippen LogP contribution in [0.25, 0.3) is 10.9 Å². The number of hydrogen-bond donors (Lipinski definition) is 2. The first kappa shape index (κ1) is 20.5. The minimum atomic E-state index is -3.84. The van der Waals surface area contributed by atoms with E-state index in [9.17, 15) is 17.8 Å². The van der Waals surface area contributed by atoms with Crippen LogP contribution in [-0.4, -0.2) is 32.7 Å². The van der Waals surface area contributed by atoms with Gasteiger partial charge in [0.25, 0.3) is 5.56 Å². The molecule has 1 aromatic carbocycles. The summed E-state index contributed by atoms with van der Waals surface area (Å²) in [6, 6.07) is 3.94. The van der Waals surface area contributed by atoms with Gasteiger partial charge in [-0.2, -0.15) is 0 Å². The quantitative estimate of drug-likeness (QED) is 0.617. The van der Waals surface area contributed by atoms with Gasteiger partial charge < -0.3 is 14.0 Å². The molecule has 0 unspecified atom stereocenters. The summed E-state index contributed by atoms with van der Waals surface area (Å²) in [5.74, 6) is 0. The Bertz CT molecular complexity index is 1070. The molecule has 0 amide bonds. The highest BCUT2D eigenvalue weighted by Crippen LogP contribution is 2.46. The van der Waals surface area contributed by atoms with E-state index in [4.69, 9.17) is 20.6 Å². The summed E-state index contributed by atoms with van der Waals surface area (Å²) in [6.07, 6.45) is 1.57. The number of benzene rings is 1. The van der Waals surface area contributed by atoms with Crippen molar-refractivity contribution in [3.8, 4) is 0 Å². The average molecular weight is 435 g/mol. The van der Waals surface area contributed by atoms with Gasteiger partial charge in [-0.15, -0.1) is 0 Å². The van der Waals surface area contributed by atoms with Gasteiger partial charge in [0.05, 0.1) is 18.2 Å². The zero-order chi connectivity index (χ0) is 19.8. The van der Waals surface area contributed by atoms with Crippen LogP contribution in [0.15, 0.2) is 27.9 Å². The molecule has 11 heteroatoms. The first-order chi connectivity index (χ1) is 12.7. The van der Waals surface area contributed by atoms with E-state index in [-0.39, 0.29) is 34.5 Å². The van der Waals surface area contributed by atoms with E-state index < -0.39 is 23.2 Å². The van der Waals surface area contributed by atoms with Crippen LogP contribution in [0.5, 0.6) is 0 Å². The number of halogens is 1. The van der Waals surface area contributed by atoms with Gasteiger partial charge in [0, 0.05) is 16.9 Å². The summed E-state index contributed by atoms with van der Waals surface area (Å²) in [6.45, 7) is 3.43. The van der Waals surface area contributed by atoms with Gasteiger partial charge in [-0.05, 0) is 44.9 Å². The van der Waals surface area contributed by atoms with Gasteiger partial charge >= 0.3 is 7.60 Å². The highest BCUT2D eigenvalue weighted by Gasteiger charge is 2.32. The zero-order valence-electron chi connectivity index (χ0n) is 14.8. The highest BCUT2D eigenvalue weighted by molar-refractivity contribution is 7.89. The molecule has 1 aromatic heterocycles. The summed E-state index contributed by atoms with van der Waals surface area (Å²) in [5, 5.41) is 0.154. The van der Waals surface area contributed by atoms with Crippen molar-refractivity contribution in [2.45, 2.75) is 37.6 Å². The Kier molecular flexibility index (Phi) is 5.82. The smallest absolute Gasteiger partial charge is 0.321 e. The maximum absolute atomic E-state index is 13.0. The molecule has 8 nitrogen and oxygen atoms in total. The summed E-state index contributed by atoms with van der Waals surface area (Å²) >= 11 is 6.13. The van der Waals surface area contributed by atoms with Gasteiger partial charge in [-0.3, -0.25) is 9.36 Å². The van der Waals surface area contributed by atoms with Gasteiger partial charge in [-0.25, -0.2) is 13.1 Å². The van der Waals surface area contributed by atoms with Crippen molar-refractivity contribution >= 4 is 45.4 Å². The maximum atomic E-state index is 13.0. The van der Waals surface area contributed by atoms with Crippen molar-refractivity contribution in [2.24, 2.45) is 0 Å². The molecule has 0 aliphatic heterocycles. The van der Waals surface area contributed by atoms with E-state index in [1.165, 1.54) is 18.2 Å². The third kappa shape index (κ3) is 4.29. The standard InChI is InChI=1S/C16H20ClN2O6PS/c1-3-24-26(21,25-4-2)14-7-10-8-15(27(22,23)19-11-5-6-11)12(17)9-13(10)18-16(14)20/h7-9,11,19H,3-6H2,1-2H3,(H,18,20). The molecule has 0 bridgehead atoms. The van der Waals surface area contributed by atoms with Crippen molar-refractivity contribution in [3.05, 3.63) is 33.6 Å². The van der Waals surface area contributed by atoms with Gasteiger partial charge in [0.1, 0.15) is 10.2 Å². The third-order valence-electron chi connectivity index (χ3n) is 3.96. The predicted octanol–water partition coefficient (Wildman–Crippen LogP) is 2.51. The first-order valence-corrected chi connectivity index (χ1v) is 11.9.